The van der Waals surface area contributed by atoms with Gasteiger partial charge in [0.1, 0.15) is 11.3 Å². The molecule has 1 aromatic carbocycles. The molecular formula is C24H36N2O3. The van der Waals surface area contributed by atoms with E-state index in [0.29, 0.717) is 0 Å². The maximum absolute atomic E-state index is 12.6. The van der Waals surface area contributed by atoms with Crippen molar-refractivity contribution in [2.75, 3.05) is 26.7 Å². The number of methoxy groups -OCH3 is 1. The Kier molecular flexibility index (Phi) is 8.32. The lowest BCUT2D eigenvalue weighted by atomic mass is 9.98. The van der Waals surface area contributed by atoms with Crippen molar-refractivity contribution in [1.29, 1.82) is 0 Å². The standard InChI is InChI=1S/C24H36N2O3/c1-8-26(9-2)12-10-11-18(5)25-22(27)13-16(3)20-14-21-17(4)15-29-24(21)19(6)23(20)28-7/h13-15,18H,8-12H2,1-7H3,(H,25,27)/b16-13+. The zero-order valence-electron chi connectivity index (χ0n) is 19.0. The van der Waals surface area contributed by atoms with Crippen molar-refractivity contribution in [2.45, 2.75) is 60.4 Å². The van der Waals surface area contributed by atoms with Gasteiger partial charge in [-0.25, -0.2) is 0 Å². The summed E-state index contributed by atoms with van der Waals surface area (Å²) < 4.78 is 11.3. The van der Waals surface area contributed by atoms with Gasteiger partial charge in [-0.1, -0.05) is 13.8 Å². The van der Waals surface area contributed by atoms with E-state index in [1.54, 1.807) is 19.4 Å². The lowest BCUT2D eigenvalue weighted by Crippen LogP contribution is -2.32. The van der Waals surface area contributed by atoms with Crippen molar-refractivity contribution >= 4 is 22.4 Å². The van der Waals surface area contributed by atoms with E-state index < -0.39 is 0 Å². The first-order chi connectivity index (χ1) is 13.8. The van der Waals surface area contributed by atoms with Crippen LogP contribution in [0, 0.1) is 13.8 Å². The molecule has 0 saturated carbocycles. The highest BCUT2D eigenvalue weighted by Crippen LogP contribution is 2.37. The number of rotatable bonds is 10. The molecule has 0 fully saturated rings. The lowest BCUT2D eigenvalue weighted by molar-refractivity contribution is -0.117. The molecule has 1 heterocycles. The van der Waals surface area contributed by atoms with Gasteiger partial charge in [-0.15, -0.1) is 0 Å². The SMILES string of the molecule is CCN(CC)CCCC(C)NC(=O)/C=C(\C)c1cc2c(C)coc2c(C)c1OC. The van der Waals surface area contributed by atoms with Crippen molar-refractivity contribution in [1.82, 2.24) is 10.2 Å². The minimum absolute atomic E-state index is 0.0680. The van der Waals surface area contributed by atoms with E-state index in [1.165, 1.54) is 0 Å². The van der Waals surface area contributed by atoms with Crippen LogP contribution in [0.1, 0.15) is 57.2 Å². The minimum Gasteiger partial charge on any atom is -0.496 e. The van der Waals surface area contributed by atoms with Crippen molar-refractivity contribution in [3.8, 4) is 5.75 Å². The van der Waals surface area contributed by atoms with E-state index in [9.17, 15) is 4.79 Å². The summed E-state index contributed by atoms with van der Waals surface area (Å²) in [6.45, 7) is 15.6. The Balaban J connectivity index is 2.10. The summed E-state index contributed by atoms with van der Waals surface area (Å²) in [5.74, 6) is 0.683. The number of hydrogen-bond donors (Lipinski definition) is 1. The zero-order valence-corrected chi connectivity index (χ0v) is 19.0. The number of ether oxygens (including phenoxy) is 1. The minimum atomic E-state index is -0.0680. The topological polar surface area (TPSA) is 54.7 Å². The summed E-state index contributed by atoms with van der Waals surface area (Å²) in [4.78, 5) is 15.0. The van der Waals surface area contributed by atoms with Crippen LogP contribution in [0.25, 0.3) is 16.5 Å². The van der Waals surface area contributed by atoms with Gasteiger partial charge < -0.3 is 19.4 Å². The van der Waals surface area contributed by atoms with Gasteiger partial charge >= 0.3 is 0 Å². The fourth-order valence-electron chi connectivity index (χ4n) is 3.79. The van der Waals surface area contributed by atoms with E-state index in [2.05, 4.69) is 31.0 Å². The van der Waals surface area contributed by atoms with E-state index in [0.717, 1.165) is 71.5 Å². The van der Waals surface area contributed by atoms with Gasteiger partial charge in [0.2, 0.25) is 5.91 Å². The first-order valence-electron chi connectivity index (χ1n) is 10.6. The molecule has 0 bridgehead atoms. The van der Waals surface area contributed by atoms with Gasteiger partial charge in [0.05, 0.1) is 13.4 Å². The van der Waals surface area contributed by atoms with Gasteiger partial charge in [0.15, 0.2) is 0 Å². The first kappa shape index (κ1) is 23.0. The van der Waals surface area contributed by atoms with Crippen LogP contribution in [0.5, 0.6) is 5.75 Å². The smallest absolute Gasteiger partial charge is 0.244 e. The summed E-state index contributed by atoms with van der Waals surface area (Å²) in [5, 5.41) is 4.14. The Labute approximate surface area is 175 Å². The molecule has 5 heteroatoms. The molecule has 1 aromatic heterocycles. The highest BCUT2D eigenvalue weighted by molar-refractivity contribution is 5.98. The highest BCUT2D eigenvalue weighted by Gasteiger charge is 2.17. The van der Waals surface area contributed by atoms with E-state index in [4.69, 9.17) is 9.15 Å². The predicted molar refractivity (Wildman–Crippen MR) is 121 cm³/mol. The molecular weight excluding hydrogens is 364 g/mol. The van der Waals surface area contributed by atoms with Gasteiger partial charge in [-0.3, -0.25) is 4.79 Å². The molecule has 5 nitrogen and oxygen atoms in total. The number of allylic oxidation sites excluding steroid dienone is 1. The van der Waals surface area contributed by atoms with Gasteiger partial charge in [-0.05, 0) is 77.4 Å². The molecule has 0 aliphatic heterocycles. The Bertz CT molecular complexity index is 863. The number of furan rings is 1. The second-order valence-electron chi connectivity index (χ2n) is 7.78. The largest absolute Gasteiger partial charge is 0.496 e. The normalized spacial score (nSPS) is 13.2. The van der Waals surface area contributed by atoms with Crippen LogP contribution in [-0.4, -0.2) is 43.6 Å². The molecule has 29 heavy (non-hydrogen) atoms. The lowest BCUT2D eigenvalue weighted by Gasteiger charge is -2.19. The van der Waals surface area contributed by atoms with E-state index >= 15 is 0 Å². The summed E-state index contributed by atoms with van der Waals surface area (Å²) in [6.07, 6.45) is 5.47. The van der Waals surface area contributed by atoms with E-state index in [1.807, 2.05) is 26.8 Å². The Hall–Kier alpha value is -2.27. The second-order valence-corrected chi connectivity index (χ2v) is 7.78. The molecule has 0 spiro atoms. The first-order valence-corrected chi connectivity index (χ1v) is 10.6. The number of benzene rings is 1. The van der Waals surface area contributed by atoms with Crippen LogP contribution >= 0.6 is 0 Å². The fourth-order valence-corrected chi connectivity index (χ4v) is 3.79. The maximum atomic E-state index is 12.6. The zero-order chi connectivity index (χ0) is 21.6. The Morgan fingerprint density at radius 2 is 2.00 bits per heavy atom. The number of aryl methyl sites for hydroxylation is 2. The van der Waals surface area contributed by atoms with Crippen molar-refractivity contribution < 1.29 is 13.9 Å². The molecule has 160 valence electrons. The predicted octanol–water partition coefficient (Wildman–Crippen LogP) is 5.09. The number of fused-ring (bicyclic) bond motifs is 1. The third-order valence-electron chi connectivity index (χ3n) is 5.61. The molecule has 0 aliphatic carbocycles. The van der Waals surface area contributed by atoms with Crippen molar-refractivity contribution in [2.24, 2.45) is 0 Å². The summed E-state index contributed by atoms with van der Waals surface area (Å²) in [7, 11) is 1.65. The Morgan fingerprint density at radius 3 is 2.62 bits per heavy atom. The van der Waals surface area contributed by atoms with E-state index in [-0.39, 0.29) is 11.9 Å². The molecule has 1 amide bonds. The highest BCUT2D eigenvalue weighted by atomic mass is 16.5. The van der Waals surface area contributed by atoms with Gasteiger partial charge in [0, 0.05) is 28.6 Å². The molecule has 1 unspecified atom stereocenters. The molecule has 0 radical (unpaired) electrons. The van der Waals surface area contributed by atoms with Crippen LogP contribution in [0.2, 0.25) is 0 Å². The average molecular weight is 401 g/mol. The van der Waals surface area contributed by atoms with Crippen LogP contribution < -0.4 is 10.1 Å². The molecule has 0 saturated heterocycles. The summed E-state index contributed by atoms with van der Waals surface area (Å²) in [6, 6.07) is 2.19. The van der Waals surface area contributed by atoms with Crippen LogP contribution in [-0.2, 0) is 4.79 Å². The monoisotopic (exact) mass is 400 g/mol. The summed E-state index contributed by atoms with van der Waals surface area (Å²) in [5.41, 5.74) is 4.66. The van der Waals surface area contributed by atoms with Crippen molar-refractivity contribution in [3.05, 3.63) is 35.1 Å². The van der Waals surface area contributed by atoms with Crippen molar-refractivity contribution in [3.63, 3.8) is 0 Å². The molecule has 2 rings (SSSR count). The van der Waals surface area contributed by atoms with Crippen LogP contribution in [0.4, 0.5) is 0 Å². The maximum Gasteiger partial charge on any atom is 0.244 e. The number of nitrogens with zero attached hydrogens (tertiary/aromatic N) is 1. The average Bonchev–Trinajstić information content (AvgIpc) is 3.06. The second kappa shape index (κ2) is 10.5. The van der Waals surface area contributed by atoms with Crippen LogP contribution in [0.15, 0.2) is 22.8 Å². The third-order valence-corrected chi connectivity index (χ3v) is 5.61. The fraction of sp³-hybridized carbons (Fsp3) is 0.542. The number of nitrogens with one attached hydrogen (secondary N) is 1. The summed E-state index contributed by atoms with van der Waals surface area (Å²) >= 11 is 0. The molecule has 2 aromatic rings. The quantitative estimate of drug-likeness (QED) is 0.565. The number of hydrogen-bond acceptors (Lipinski definition) is 4. The molecule has 1 atom stereocenters. The van der Waals surface area contributed by atoms with Gasteiger partial charge in [-0.2, -0.15) is 0 Å². The third kappa shape index (κ3) is 5.63. The van der Waals surface area contributed by atoms with Crippen LogP contribution in [0.3, 0.4) is 0 Å². The number of carbonyl (C=O) groups excluding carboxylic acids is 1. The number of carbonyl (C=O) groups is 1. The van der Waals surface area contributed by atoms with Gasteiger partial charge in [0.25, 0.3) is 0 Å². The molecule has 1 N–H and O–H groups in total. The molecule has 0 aliphatic rings. The number of amides is 1. The Morgan fingerprint density at radius 1 is 1.31 bits per heavy atom.